The van der Waals surface area contributed by atoms with E-state index in [4.69, 9.17) is 0 Å². The second-order valence-corrected chi connectivity index (χ2v) is 5.51. The van der Waals surface area contributed by atoms with Crippen molar-refractivity contribution in [3.8, 4) is 0 Å². The third-order valence-corrected chi connectivity index (χ3v) is 4.27. The maximum Gasteiger partial charge on any atom is 0.263 e. The van der Waals surface area contributed by atoms with Crippen LogP contribution in [0.3, 0.4) is 0 Å². The van der Waals surface area contributed by atoms with Gasteiger partial charge in [-0.1, -0.05) is 31.2 Å². The smallest absolute Gasteiger partial charge is 0.263 e. The Labute approximate surface area is 97.5 Å². The molecule has 0 aliphatic carbocycles. The lowest BCUT2D eigenvalue weighted by Crippen LogP contribution is -2.25. The Balaban J connectivity index is 3.09. The van der Waals surface area contributed by atoms with Crippen molar-refractivity contribution in [1.82, 2.24) is 4.31 Å². The van der Waals surface area contributed by atoms with Crippen LogP contribution in [0.25, 0.3) is 0 Å². The minimum Gasteiger partial charge on any atom is -0.274 e. The van der Waals surface area contributed by atoms with Crippen molar-refractivity contribution < 1.29 is 8.42 Å². The standard InChI is InChI=1S/C12H17NO2S/c1-4-8-11(2)13(3)16(14,15)12-9-6-5-7-10-12/h5-10H,4H2,1-3H3/b11-8+. The lowest BCUT2D eigenvalue weighted by Gasteiger charge is -2.19. The zero-order valence-electron chi connectivity index (χ0n) is 9.84. The normalized spacial score (nSPS) is 12.6. The second-order valence-electron chi connectivity index (χ2n) is 3.54. The number of sulfonamides is 1. The van der Waals surface area contributed by atoms with Gasteiger partial charge >= 0.3 is 0 Å². The van der Waals surface area contributed by atoms with E-state index in [9.17, 15) is 8.42 Å². The number of benzene rings is 1. The van der Waals surface area contributed by atoms with E-state index in [2.05, 4.69) is 0 Å². The number of hydrogen-bond acceptors (Lipinski definition) is 2. The van der Waals surface area contributed by atoms with Gasteiger partial charge in [0.15, 0.2) is 0 Å². The number of hydrogen-bond donors (Lipinski definition) is 0. The van der Waals surface area contributed by atoms with Gasteiger partial charge in [0.25, 0.3) is 10.0 Å². The fraction of sp³-hybridized carbons (Fsp3) is 0.333. The summed E-state index contributed by atoms with van der Waals surface area (Å²) in [5.41, 5.74) is 0.742. The van der Waals surface area contributed by atoms with Crippen molar-refractivity contribution in [3.63, 3.8) is 0 Å². The zero-order valence-corrected chi connectivity index (χ0v) is 10.7. The fourth-order valence-electron chi connectivity index (χ4n) is 1.36. The predicted octanol–water partition coefficient (Wildman–Crippen LogP) is 2.62. The first-order valence-corrected chi connectivity index (χ1v) is 6.65. The van der Waals surface area contributed by atoms with Crippen LogP contribution in [0.4, 0.5) is 0 Å². The number of rotatable bonds is 4. The van der Waals surface area contributed by atoms with E-state index in [-0.39, 0.29) is 0 Å². The van der Waals surface area contributed by atoms with E-state index in [0.29, 0.717) is 4.90 Å². The van der Waals surface area contributed by atoms with Crippen LogP contribution in [-0.4, -0.2) is 19.8 Å². The number of nitrogens with zero attached hydrogens (tertiary/aromatic N) is 1. The average molecular weight is 239 g/mol. The SMILES string of the molecule is CC/C=C(\C)N(C)S(=O)(=O)c1ccccc1. The molecule has 0 fully saturated rings. The summed E-state index contributed by atoms with van der Waals surface area (Å²) in [6.07, 6.45) is 2.71. The highest BCUT2D eigenvalue weighted by Crippen LogP contribution is 2.17. The first-order valence-electron chi connectivity index (χ1n) is 5.21. The van der Waals surface area contributed by atoms with Crippen LogP contribution in [0, 0.1) is 0 Å². The molecule has 0 spiro atoms. The zero-order chi connectivity index (χ0) is 12.2. The Kier molecular flexibility index (Phi) is 4.12. The fourth-order valence-corrected chi connectivity index (χ4v) is 2.64. The summed E-state index contributed by atoms with van der Waals surface area (Å²) < 4.78 is 25.6. The molecule has 1 rings (SSSR count). The van der Waals surface area contributed by atoms with Crippen LogP contribution in [0.1, 0.15) is 20.3 Å². The molecule has 0 saturated carbocycles. The van der Waals surface area contributed by atoms with Crippen molar-refractivity contribution in [1.29, 1.82) is 0 Å². The van der Waals surface area contributed by atoms with E-state index < -0.39 is 10.0 Å². The predicted molar refractivity (Wildman–Crippen MR) is 65.4 cm³/mol. The largest absolute Gasteiger partial charge is 0.274 e. The maximum atomic E-state index is 12.1. The summed E-state index contributed by atoms with van der Waals surface area (Å²) in [6.45, 7) is 3.77. The lowest BCUT2D eigenvalue weighted by atomic mass is 10.4. The van der Waals surface area contributed by atoms with Crippen LogP contribution < -0.4 is 0 Å². The van der Waals surface area contributed by atoms with Gasteiger partial charge in [-0.05, 0) is 25.5 Å². The van der Waals surface area contributed by atoms with Gasteiger partial charge in [-0.15, -0.1) is 0 Å². The summed E-state index contributed by atoms with van der Waals surface area (Å²) >= 11 is 0. The van der Waals surface area contributed by atoms with Crippen LogP contribution in [0.15, 0.2) is 47.0 Å². The van der Waals surface area contributed by atoms with E-state index >= 15 is 0 Å². The Morgan fingerprint density at radius 1 is 1.31 bits per heavy atom. The molecule has 0 aromatic heterocycles. The van der Waals surface area contributed by atoms with Crippen LogP contribution in [0.5, 0.6) is 0 Å². The van der Waals surface area contributed by atoms with Crippen LogP contribution >= 0.6 is 0 Å². The van der Waals surface area contributed by atoms with E-state index in [1.807, 2.05) is 13.0 Å². The summed E-state index contributed by atoms with van der Waals surface area (Å²) in [5.74, 6) is 0. The Bertz CT molecular complexity index is 463. The Morgan fingerprint density at radius 3 is 2.38 bits per heavy atom. The molecule has 4 heteroatoms. The van der Waals surface area contributed by atoms with Gasteiger partial charge in [0.1, 0.15) is 0 Å². The maximum absolute atomic E-state index is 12.1. The van der Waals surface area contributed by atoms with Crippen LogP contribution in [0.2, 0.25) is 0 Å². The molecule has 1 aromatic rings. The first kappa shape index (κ1) is 12.8. The molecule has 16 heavy (non-hydrogen) atoms. The minimum absolute atomic E-state index is 0.321. The summed E-state index contributed by atoms with van der Waals surface area (Å²) in [6, 6.07) is 8.45. The highest BCUT2D eigenvalue weighted by molar-refractivity contribution is 7.89. The van der Waals surface area contributed by atoms with Gasteiger partial charge in [-0.3, -0.25) is 4.31 Å². The summed E-state index contributed by atoms with van der Waals surface area (Å²) in [5, 5.41) is 0. The van der Waals surface area contributed by atoms with Gasteiger partial charge < -0.3 is 0 Å². The van der Waals surface area contributed by atoms with Gasteiger partial charge in [-0.2, -0.15) is 0 Å². The van der Waals surface area contributed by atoms with Gasteiger partial charge in [0, 0.05) is 12.7 Å². The molecule has 0 radical (unpaired) electrons. The minimum atomic E-state index is -3.40. The molecule has 0 unspecified atom stereocenters. The van der Waals surface area contributed by atoms with E-state index in [1.54, 1.807) is 44.3 Å². The molecule has 0 bridgehead atoms. The Hall–Kier alpha value is -1.29. The monoisotopic (exact) mass is 239 g/mol. The summed E-state index contributed by atoms with van der Waals surface area (Å²) in [7, 11) is -1.82. The molecule has 0 aliphatic rings. The Morgan fingerprint density at radius 2 is 1.88 bits per heavy atom. The van der Waals surface area contributed by atoms with Gasteiger partial charge in [-0.25, -0.2) is 8.42 Å². The topological polar surface area (TPSA) is 37.4 Å². The first-order chi connectivity index (χ1) is 7.50. The second kappa shape index (κ2) is 5.16. The van der Waals surface area contributed by atoms with Crippen molar-refractivity contribution >= 4 is 10.0 Å². The highest BCUT2D eigenvalue weighted by atomic mass is 32.2. The molecule has 0 saturated heterocycles. The molecule has 0 heterocycles. The molecule has 0 aliphatic heterocycles. The van der Waals surface area contributed by atoms with Gasteiger partial charge in [0.2, 0.25) is 0 Å². The van der Waals surface area contributed by atoms with E-state index in [0.717, 1.165) is 12.1 Å². The molecule has 0 atom stereocenters. The third-order valence-electron chi connectivity index (χ3n) is 2.40. The molecule has 0 N–H and O–H groups in total. The van der Waals surface area contributed by atoms with E-state index in [1.165, 1.54) is 4.31 Å². The highest BCUT2D eigenvalue weighted by Gasteiger charge is 2.19. The molecular weight excluding hydrogens is 222 g/mol. The molecule has 0 amide bonds. The van der Waals surface area contributed by atoms with Crippen LogP contribution in [-0.2, 0) is 10.0 Å². The van der Waals surface area contributed by atoms with Crippen molar-refractivity contribution in [2.75, 3.05) is 7.05 Å². The van der Waals surface area contributed by atoms with Crippen molar-refractivity contribution in [2.24, 2.45) is 0 Å². The molecule has 1 aromatic carbocycles. The lowest BCUT2D eigenvalue weighted by molar-refractivity contribution is 0.523. The van der Waals surface area contributed by atoms with Gasteiger partial charge in [0.05, 0.1) is 4.90 Å². The molecule has 88 valence electrons. The number of allylic oxidation sites excluding steroid dienone is 2. The third kappa shape index (κ3) is 2.64. The summed E-state index contributed by atoms with van der Waals surface area (Å²) in [4.78, 5) is 0.321. The molecular formula is C12H17NO2S. The average Bonchev–Trinajstić information content (AvgIpc) is 2.29. The molecule has 3 nitrogen and oxygen atoms in total. The van der Waals surface area contributed by atoms with Crippen molar-refractivity contribution in [3.05, 3.63) is 42.1 Å². The quantitative estimate of drug-likeness (QED) is 0.810. The van der Waals surface area contributed by atoms with Crippen molar-refractivity contribution in [2.45, 2.75) is 25.2 Å².